The highest BCUT2D eigenvalue weighted by Crippen LogP contribution is 2.36. The Morgan fingerprint density at radius 3 is 2.56 bits per heavy atom. The molecule has 27 heavy (non-hydrogen) atoms. The Hall–Kier alpha value is -2.41. The van der Waals surface area contributed by atoms with Crippen LogP contribution in [-0.4, -0.2) is 25.5 Å². The maximum atomic E-state index is 12.5. The molecule has 1 atom stereocenters. The Bertz CT molecular complexity index is 767. The summed E-state index contributed by atoms with van der Waals surface area (Å²) in [4.78, 5) is 0. The number of alkyl halides is 3. The summed E-state index contributed by atoms with van der Waals surface area (Å²) in [6.07, 6.45) is 2.03. The van der Waals surface area contributed by atoms with Crippen molar-refractivity contribution in [3.63, 3.8) is 0 Å². The summed E-state index contributed by atoms with van der Waals surface area (Å²) < 4.78 is 46.7. The van der Waals surface area contributed by atoms with Gasteiger partial charge in [0.05, 0.1) is 12.8 Å². The zero-order valence-electron chi connectivity index (χ0n) is 16.1. The fourth-order valence-electron chi connectivity index (χ4n) is 2.83. The first-order chi connectivity index (χ1) is 12.7. The van der Waals surface area contributed by atoms with Crippen LogP contribution < -0.4 is 14.9 Å². The van der Waals surface area contributed by atoms with Crippen molar-refractivity contribution in [2.75, 3.05) is 14.2 Å². The average molecular weight is 382 g/mol. The highest BCUT2D eigenvalue weighted by Gasteiger charge is 2.31. The maximum Gasteiger partial charge on any atom is 0.573 e. The summed E-state index contributed by atoms with van der Waals surface area (Å²) >= 11 is 0. The fraction of sp³-hybridized carbons (Fsp3) is 0.400. The summed E-state index contributed by atoms with van der Waals surface area (Å²) in [7, 11) is 3.25. The lowest BCUT2D eigenvalue weighted by Gasteiger charge is -2.28. The zero-order chi connectivity index (χ0) is 20.2. The molecule has 0 bridgehead atoms. The van der Waals surface area contributed by atoms with Crippen molar-refractivity contribution in [3.05, 3.63) is 53.4 Å². The third kappa shape index (κ3) is 5.07. The number of nitrogens with zero attached hydrogens (tertiary/aromatic N) is 1. The van der Waals surface area contributed by atoms with E-state index >= 15 is 0 Å². The van der Waals surface area contributed by atoms with Gasteiger partial charge in [0.2, 0.25) is 0 Å². The van der Waals surface area contributed by atoms with Crippen molar-refractivity contribution in [2.45, 2.75) is 33.6 Å². The molecule has 0 aromatic heterocycles. The Kier molecular flexibility index (Phi) is 6.59. The summed E-state index contributed by atoms with van der Waals surface area (Å²) in [5.74, 6) is 0.391. The van der Waals surface area contributed by atoms with Crippen molar-refractivity contribution in [3.8, 4) is 11.5 Å². The van der Waals surface area contributed by atoms with Crippen LogP contribution in [0.5, 0.6) is 11.5 Å². The van der Waals surface area contributed by atoms with Crippen LogP contribution in [0.15, 0.2) is 47.8 Å². The molecule has 0 aliphatic carbocycles. The Morgan fingerprint density at radius 1 is 1.30 bits per heavy atom. The zero-order valence-corrected chi connectivity index (χ0v) is 16.1. The van der Waals surface area contributed by atoms with E-state index in [1.807, 2.05) is 30.4 Å². The van der Waals surface area contributed by atoms with Gasteiger partial charge in [0.1, 0.15) is 11.5 Å². The van der Waals surface area contributed by atoms with E-state index in [9.17, 15) is 13.2 Å². The highest BCUT2D eigenvalue weighted by molar-refractivity contribution is 5.81. The number of hydrogen-bond donors (Lipinski definition) is 1. The number of ether oxygens (including phenoxy) is 2. The highest BCUT2D eigenvalue weighted by atomic mass is 19.4. The molecule has 2 rings (SSSR count). The topological polar surface area (TPSA) is 33.7 Å². The number of allylic oxidation sites excluding steroid dienone is 4. The molecule has 1 aromatic rings. The number of hydrogen-bond acceptors (Lipinski definition) is 4. The van der Waals surface area contributed by atoms with Crippen molar-refractivity contribution < 1.29 is 22.6 Å². The standard InChI is InChI=1S/C20H25F3N2O2/c1-6-13(2)14(3)18-11-15(9-10-25(18)24-4)17-8-7-16(12-19(17)26-5)27-20(21,22)23/h7-13,24H,6H2,1-5H3/b18-14-. The Labute approximate surface area is 157 Å². The van der Waals surface area contributed by atoms with Crippen LogP contribution in [0, 0.1) is 5.92 Å². The molecule has 0 spiro atoms. The normalized spacial score (nSPS) is 17.5. The first-order valence-corrected chi connectivity index (χ1v) is 8.71. The van der Waals surface area contributed by atoms with Crippen LogP contribution >= 0.6 is 0 Å². The predicted molar refractivity (Wildman–Crippen MR) is 99.8 cm³/mol. The van der Waals surface area contributed by atoms with E-state index in [0.29, 0.717) is 17.2 Å². The molecule has 7 heteroatoms. The van der Waals surface area contributed by atoms with E-state index in [-0.39, 0.29) is 5.75 Å². The molecule has 1 N–H and O–H groups in total. The van der Waals surface area contributed by atoms with E-state index < -0.39 is 6.36 Å². The first kappa shape index (κ1) is 20.9. The maximum absolute atomic E-state index is 12.5. The van der Waals surface area contributed by atoms with Crippen molar-refractivity contribution in [1.82, 2.24) is 10.4 Å². The van der Waals surface area contributed by atoms with Gasteiger partial charge in [-0.15, -0.1) is 13.2 Å². The Morgan fingerprint density at radius 2 is 2.00 bits per heavy atom. The van der Waals surface area contributed by atoms with Gasteiger partial charge < -0.3 is 9.47 Å². The van der Waals surface area contributed by atoms with Gasteiger partial charge in [-0.2, -0.15) is 0 Å². The van der Waals surface area contributed by atoms with E-state index in [1.54, 1.807) is 6.07 Å². The summed E-state index contributed by atoms with van der Waals surface area (Å²) in [6, 6.07) is 4.10. The Balaban J connectivity index is 2.47. The molecule has 0 amide bonds. The number of halogens is 3. The molecular weight excluding hydrogens is 357 g/mol. The third-order valence-electron chi connectivity index (χ3n) is 4.67. The van der Waals surface area contributed by atoms with Crippen molar-refractivity contribution in [2.24, 2.45) is 5.92 Å². The van der Waals surface area contributed by atoms with Gasteiger partial charge in [-0.25, -0.2) is 5.43 Å². The number of rotatable bonds is 6. The second-order valence-corrected chi connectivity index (χ2v) is 6.30. The third-order valence-corrected chi connectivity index (χ3v) is 4.67. The lowest BCUT2D eigenvalue weighted by molar-refractivity contribution is -0.274. The summed E-state index contributed by atoms with van der Waals surface area (Å²) in [5, 5.41) is 1.92. The van der Waals surface area contributed by atoms with E-state index in [2.05, 4.69) is 30.9 Å². The SMILES string of the molecule is CCC(C)/C(C)=C1/C=C(c2ccc(OC(F)(F)F)cc2OC)C=CN1NC. The fourth-order valence-corrected chi connectivity index (χ4v) is 2.83. The van der Waals surface area contributed by atoms with E-state index in [4.69, 9.17) is 4.74 Å². The van der Waals surface area contributed by atoms with Gasteiger partial charge in [0.15, 0.2) is 0 Å². The average Bonchev–Trinajstić information content (AvgIpc) is 2.64. The van der Waals surface area contributed by atoms with E-state index in [1.165, 1.54) is 24.8 Å². The lowest BCUT2D eigenvalue weighted by Crippen LogP contribution is -2.31. The molecule has 4 nitrogen and oxygen atoms in total. The second kappa shape index (κ2) is 8.52. The minimum Gasteiger partial charge on any atom is -0.496 e. The van der Waals surface area contributed by atoms with Crippen LogP contribution in [0.1, 0.15) is 32.8 Å². The molecule has 1 aliphatic rings. The molecule has 0 saturated carbocycles. The van der Waals surface area contributed by atoms with E-state index in [0.717, 1.165) is 17.7 Å². The molecule has 0 radical (unpaired) electrons. The van der Waals surface area contributed by atoms with Crippen LogP contribution in [0.2, 0.25) is 0 Å². The molecule has 0 fully saturated rings. The van der Waals surface area contributed by atoms with Crippen molar-refractivity contribution >= 4 is 5.57 Å². The molecule has 0 saturated heterocycles. The van der Waals surface area contributed by atoms with Gasteiger partial charge in [-0.05, 0) is 54.7 Å². The monoisotopic (exact) mass is 382 g/mol. The van der Waals surface area contributed by atoms with Gasteiger partial charge in [0, 0.05) is 24.9 Å². The minimum atomic E-state index is -4.74. The molecule has 1 aromatic carbocycles. The van der Waals surface area contributed by atoms with Crippen molar-refractivity contribution in [1.29, 1.82) is 0 Å². The minimum absolute atomic E-state index is 0.311. The quantitative estimate of drug-likeness (QED) is 0.728. The first-order valence-electron chi connectivity index (χ1n) is 8.71. The van der Waals surface area contributed by atoms with Gasteiger partial charge in [0.25, 0.3) is 0 Å². The summed E-state index contributed by atoms with van der Waals surface area (Å²) in [5.41, 5.74) is 6.86. The summed E-state index contributed by atoms with van der Waals surface area (Å²) in [6.45, 7) is 6.37. The molecule has 148 valence electrons. The van der Waals surface area contributed by atoms with Crippen LogP contribution in [-0.2, 0) is 0 Å². The second-order valence-electron chi connectivity index (χ2n) is 6.30. The molecule has 1 heterocycles. The lowest BCUT2D eigenvalue weighted by atomic mass is 9.94. The van der Waals surface area contributed by atoms with Gasteiger partial charge in [-0.1, -0.05) is 13.8 Å². The van der Waals surface area contributed by atoms with Gasteiger partial charge >= 0.3 is 6.36 Å². The number of benzene rings is 1. The van der Waals surface area contributed by atoms with Gasteiger partial charge in [-0.3, -0.25) is 5.01 Å². The number of methoxy groups -OCH3 is 1. The van der Waals surface area contributed by atoms with Crippen LogP contribution in [0.3, 0.4) is 0 Å². The largest absolute Gasteiger partial charge is 0.573 e. The van der Waals surface area contributed by atoms with Crippen LogP contribution in [0.25, 0.3) is 5.57 Å². The number of hydrazine groups is 1. The molecule has 1 aliphatic heterocycles. The predicted octanol–water partition coefficient (Wildman–Crippen LogP) is 5.26. The molecular formula is C20H25F3N2O2. The van der Waals surface area contributed by atoms with Crippen LogP contribution in [0.4, 0.5) is 13.2 Å². The number of nitrogens with one attached hydrogen (secondary N) is 1. The smallest absolute Gasteiger partial charge is 0.496 e. The molecule has 1 unspecified atom stereocenters.